The Kier molecular flexibility index (Phi) is 12.8. The molecule has 4 aliphatic rings. The number of thioether (sulfide) groups is 1. The lowest BCUT2D eigenvalue weighted by atomic mass is 9.66. The van der Waals surface area contributed by atoms with E-state index in [0.29, 0.717) is 17.2 Å². The van der Waals surface area contributed by atoms with Crippen LogP contribution in [0.5, 0.6) is 0 Å². The minimum Gasteiger partial charge on any atom is -0.325 e. The van der Waals surface area contributed by atoms with Gasteiger partial charge >= 0.3 is 0 Å². The first-order valence-corrected chi connectivity index (χ1v) is 20.7. The lowest BCUT2D eigenvalue weighted by Crippen LogP contribution is -2.37. The molecule has 1 unspecified atom stereocenters. The van der Waals surface area contributed by atoms with Crippen molar-refractivity contribution < 1.29 is 0 Å². The Morgan fingerprint density at radius 3 is 2.15 bits per heavy atom. The fraction of sp³-hybridized carbons (Fsp3) is 0.0727. The quantitative estimate of drug-likeness (QED) is 0.156. The third kappa shape index (κ3) is 7.88. The molecule has 1 atom stereocenters. The van der Waals surface area contributed by atoms with Crippen LogP contribution in [0.1, 0.15) is 35.1 Å². The van der Waals surface area contributed by atoms with Crippen molar-refractivity contribution in [1.82, 2.24) is 5.32 Å². The van der Waals surface area contributed by atoms with E-state index in [4.69, 9.17) is 15.0 Å². The lowest BCUT2D eigenvalue weighted by molar-refractivity contribution is 0.740. The van der Waals surface area contributed by atoms with E-state index >= 15 is 0 Å². The summed E-state index contributed by atoms with van der Waals surface area (Å²) in [6.45, 7) is 28.3. The van der Waals surface area contributed by atoms with Crippen LogP contribution in [-0.2, 0) is 5.41 Å². The van der Waals surface area contributed by atoms with Crippen molar-refractivity contribution in [3.05, 3.63) is 265 Å². The highest BCUT2D eigenvalue weighted by Crippen LogP contribution is 2.62. The molecule has 5 heteroatoms. The van der Waals surface area contributed by atoms with Gasteiger partial charge in [-0.1, -0.05) is 204 Å². The maximum Gasteiger partial charge on any atom is 0.169 e. The molecule has 0 amide bonds. The summed E-state index contributed by atoms with van der Waals surface area (Å²) in [4.78, 5) is 17.1. The number of aliphatic imine (C=N–C) groups is 3. The molecule has 4 nitrogen and oxygen atoms in total. The van der Waals surface area contributed by atoms with Crippen LogP contribution in [-0.4, -0.2) is 24.1 Å². The summed E-state index contributed by atoms with van der Waals surface area (Å²) in [5.41, 5.74) is 12.0. The zero-order valence-electron chi connectivity index (χ0n) is 33.9. The number of amidine groups is 2. The van der Waals surface area contributed by atoms with Gasteiger partial charge in [0.25, 0.3) is 0 Å². The predicted molar refractivity (Wildman–Crippen MR) is 261 cm³/mol. The summed E-state index contributed by atoms with van der Waals surface area (Å²) in [6.07, 6.45) is 34.4. The fourth-order valence-electron chi connectivity index (χ4n) is 8.05. The number of rotatable bonds is 15. The Balaban J connectivity index is 1.46. The van der Waals surface area contributed by atoms with E-state index in [0.717, 1.165) is 56.2 Å². The van der Waals surface area contributed by atoms with Crippen molar-refractivity contribution in [3.8, 4) is 11.1 Å². The SMILES string of the molecule is C=C/C=C\C(=C)C1=NC(/C(C=C)=C/C=C)N=C(/C=C/C2=C(C=C)Sc3ccc(/C(=C/C=C/C(C=C)=C/C=C)C4=CCCC=N4)cc3C23c2ccccc2-c2ccccc23)N1. The highest BCUT2D eigenvalue weighted by atomic mass is 32.2. The Morgan fingerprint density at radius 2 is 1.50 bits per heavy atom. The molecule has 3 aromatic carbocycles. The number of hydrogen-bond donors (Lipinski definition) is 1. The van der Waals surface area contributed by atoms with Crippen LogP contribution in [0, 0.1) is 0 Å². The number of fused-ring (bicyclic) bond motifs is 7. The summed E-state index contributed by atoms with van der Waals surface area (Å²) < 4.78 is 0. The number of hydrogen-bond acceptors (Lipinski definition) is 5. The molecule has 1 aliphatic carbocycles. The van der Waals surface area contributed by atoms with Gasteiger partial charge in [0.1, 0.15) is 11.7 Å². The van der Waals surface area contributed by atoms with Crippen LogP contribution < -0.4 is 5.32 Å². The molecule has 0 saturated carbocycles. The molecule has 0 saturated heterocycles. The second-order valence-corrected chi connectivity index (χ2v) is 15.3. The summed E-state index contributed by atoms with van der Waals surface area (Å²) in [6, 6.07) is 24.4. The van der Waals surface area contributed by atoms with Gasteiger partial charge in [0.2, 0.25) is 0 Å². The molecule has 0 radical (unpaired) electrons. The van der Waals surface area contributed by atoms with Crippen LogP contribution in [0.4, 0.5) is 0 Å². The molecule has 0 aromatic heterocycles. The average Bonchev–Trinajstić information content (AvgIpc) is 3.58. The fourth-order valence-corrected chi connectivity index (χ4v) is 9.16. The molecule has 7 rings (SSSR count). The van der Waals surface area contributed by atoms with Crippen molar-refractivity contribution in [3.63, 3.8) is 0 Å². The van der Waals surface area contributed by atoms with E-state index < -0.39 is 11.6 Å². The average molecular weight is 797 g/mol. The summed E-state index contributed by atoms with van der Waals surface area (Å²) in [5, 5.41) is 3.46. The minimum absolute atomic E-state index is 0.546. The summed E-state index contributed by atoms with van der Waals surface area (Å²) in [7, 11) is 0. The van der Waals surface area contributed by atoms with Gasteiger partial charge in [-0.2, -0.15) is 0 Å². The van der Waals surface area contributed by atoms with Crippen molar-refractivity contribution in [2.24, 2.45) is 15.0 Å². The number of benzene rings is 3. The molecule has 3 heterocycles. The standard InChI is InChI=1S/C55H48N4S/c1-8-14-24-38(7)53-57-52(58-54(59-53)40(12-5)23-10-3)35-33-47-50(13-6)60-51-34-32-41(42(49-31-19-20-36-56-49)28-21-25-39(11-4)22-9-2)37-48(51)55(47)45-29-17-15-26-43(45)44-27-16-18-30-46(44)55/h8-18,21-37,54H,1-7,19-20H2,(H,57,58,59)/b24-14-,25-21+,35-33+,39-22+,40-23+,42-28-. The molecule has 0 bridgehead atoms. The van der Waals surface area contributed by atoms with Crippen LogP contribution in [0.3, 0.4) is 0 Å². The Bertz CT molecular complexity index is 2630. The van der Waals surface area contributed by atoms with Crippen molar-refractivity contribution in [1.29, 1.82) is 0 Å². The monoisotopic (exact) mass is 796 g/mol. The van der Waals surface area contributed by atoms with E-state index in [1.54, 1.807) is 36.1 Å². The largest absolute Gasteiger partial charge is 0.325 e. The zero-order valence-corrected chi connectivity index (χ0v) is 34.7. The second-order valence-electron chi connectivity index (χ2n) is 14.2. The van der Waals surface area contributed by atoms with Gasteiger partial charge in [-0.3, -0.25) is 4.99 Å². The maximum absolute atomic E-state index is 5.07. The molecule has 1 N–H and O–H groups in total. The van der Waals surface area contributed by atoms with Crippen molar-refractivity contribution in [2.75, 3.05) is 0 Å². The van der Waals surface area contributed by atoms with E-state index in [2.05, 4.69) is 142 Å². The Labute approximate surface area is 359 Å². The van der Waals surface area contributed by atoms with Gasteiger partial charge in [0, 0.05) is 27.2 Å². The van der Waals surface area contributed by atoms with Gasteiger partial charge in [-0.25, -0.2) is 9.98 Å². The molecule has 3 aromatic rings. The summed E-state index contributed by atoms with van der Waals surface area (Å²) in [5.74, 6) is 1.24. The van der Waals surface area contributed by atoms with Gasteiger partial charge in [-0.05, 0) is 81.2 Å². The molecule has 0 fully saturated rings. The third-order valence-electron chi connectivity index (χ3n) is 10.7. The third-order valence-corrected chi connectivity index (χ3v) is 11.9. The molecule has 3 aliphatic heterocycles. The van der Waals surface area contributed by atoms with E-state index in [-0.39, 0.29) is 0 Å². The van der Waals surface area contributed by atoms with Gasteiger partial charge in [0.15, 0.2) is 6.17 Å². The molecule has 60 heavy (non-hydrogen) atoms. The smallest absolute Gasteiger partial charge is 0.169 e. The normalized spacial score (nSPS) is 18.3. The highest BCUT2D eigenvalue weighted by Gasteiger charge is 2.50. The molecular weight excluding hydrogens is 749 g/mol. The summed E-state index contributed by atoms with van der Waals surface area (Å²) >= 11 is 1.73. The van der Waals surface area contributed by atoms with Crippen LogP contribution in [0.25, 0.3) is 16.7 Å². The van der Waals surface area contributed by atoms with Gasteiger partial charge in [-0.15, -0.1) is 0 Å². The van der Waals surface area contributed by atoms with Crippen LogP contribution in [0.15, 0.2) is 263 Å². The number of nitrogens with one attached hydrogen (secondary N) is 1. The van der Waals surface area contributed by atoms with E-state index in [9.17, 15) is 0 Å². The highest BCUT2D eigenvalue weighted by molar-refractivity contribution is 8.03. The van der Waals surface area contributed by atoms with Crippen molar-refractivity contribution >= 4 is 35.2 Å². The first-order valence-electron chi connectivity index (χ1n) is 19.9. The van der Waals surface area contributed by atoms with Gasteiger partial charge < -0.3 is 5.32 Å². The molecular formula is C55H48N4S. The maximum atomic E-state index is 5.07. The first kappa shape index (κ1) is 41.1. The van der Waals surface area contributed by atoms with E-state index in [1.165, 1.54) is 27.8 Å². The second kappa shape index (κ2) is 18.7. The van der Waals surface area contributed by atoms with E-state index in [1.807, 2.05) is 54.8 Å². The van der Waals surface area contributed by atoms with Gasteiger partial charge in [0.05, 0.1) is 11.1 Å². The number of nitrogens with zero attached hydrogens (tertiary/aromatic N) is 3. The Morgan fingerprint density at radius 1 is 0.750 bits per heavy atom. The molecule has 1 spiro atoms. The minimum atomic E-state index is -0.700. The topological polar surface area (TPSA) is 49.1 Å². The van der Waals surface area contributed by atoms with Crippen LogP contribution in [0.2, 0.25) is 0 Å². The zero-order chi connectivity index (χ0) is 42.1. The first-order chi connectivity index (χ1) is 29.4. The lowest BCUT2D eigenvalue weighted by Gasteiger charge is -2.40. The predicted octanol–water partition coefficient (Wildman–Crippen LogP) is 13.4. The van der Waals surface area contributed by atoms with Crippen molar-refractivity contribution in [2.45, 2.75) is 29.3 Å². The van der Waals surface area contributed by atoms with Crippen LogP contribution >= 0.6 is 11.8 Å². The molecule has 294 valence electrons. The number of allylic oxidation sites excluding steroid dienone is 16. The Hall–Kier alpha value is -7.08.